The molecule has 1 aliphatic carbocycles. The van der Waals surface area contributed by atoms with Gasteiger partial charge in [0.1, 0.15) is 0 Å². The summed E-state index contributed by atoms with van der Waals surface area (Å²) in [6, 6.07) is 5.31. The quantitative estimate of drug-likeness (QED) is 0.779. The van der Waals surface area contributed by atoms with Gasteiger partial charge in [0, 0.05) is 6.04 Å². The molecule has 1 aromatic carbocycles. The third-order valence-electron chi connectivity index (χ3n) is 4.51. The van der Waals surface area contributed by atoms with Crippen LogP contribution >= 0.6 is 0 Å². The average Bonchev–Trinajstić information content (AvgIpc) is 2.56. The highest BCUT2D eigenvalue weighted by Gasteiger charge is 2.21. The fraction of sp³-hybridized carbons (Fsp3) is 0.550. The van der Waals surface area contributed by atoms with Gasteiger partial charge in [0.15, 0.2) is 11.5 Å². The molecule has 1 fully saturated rings. The number of amides is 1. The van der Waals surface area contributed by atoms with Crippen LogP contribution in [0, 0.1) is 11.8 Å². The number of methoxy groups -OCH3 is 1. The number of hydrogen-bond donors (Lipinski definition) is 2. The minimum atomic E-state index is 0.0314. The Kier molecular flexibility index (Phi) is 6.71. The number of carbonyl (C=O) groups is 1. The molecule has 1 aliphatic rings. The van der Waals surface area contributed by atoms with Gasteiger partial charge in [-0.15, -0.1) is 0 Å². The Hall–Kier alpha value is -1.97. The molecule has 0 heterocycles. The van der Waals surface area contributed by atoms with Crippen LogP contribution in [-0.2, 0) is 11.2 Å². The Morgan fingerprint density at radius 3 is 2.67 bits per heavy atom. The van der Waals surface area contributed by atoms with E-state index in [9.17, 15) is 9.90 Å². The first-order valence-corrected chi connectivity index (χ1v) is 8.81. The zero-order valence-corrected chi connectivity index (χ0v) is 14.9. The molecule has 24 heavy (non-hydrogen) atoms. The molecule has 0 spiro atoms. The molecule has 1 aromatic rings. The number of phenols is 1. The largest absolute Gasteiger partial charge is 0.504 e. The zero-order chi connectivity index (χ0) is 17.5. The van der Waals surface area contributed by atoms with Crippen molar-refractivity contribution >= 4 is 5.91 Å². The summed E-state index contributed by atoms with van der Waals surface area (Å²) in [5, 5.41) is 12.7. The molecule has 0 unspecified atom stereocenters. The molecule has 4 heteroatoms. The Labute approximate surface area is 144 Å². The molecule has 0 aromatic heterocycles. The van der Waals surface area contributed by atoms with Gasteiger partial charge in [-0.05, 0) is 55.2 Å². The van der Waals surface area contributed by atoms with Gasteiger partial charge in [0.05, 0.1) is 13.5 Å². The number of nitrogens with one attached hydrogen (secondary N) is 1. The van der Waals surface area contributed by atoms with Crippen molar-refractivity contribution in [2.24, 2.45) is 11.8 Å². The van der Waals surface area contributed by atoms with Crippen LogP contribution in [0.5, 0.6) is 11.5 Å². The van der Waals surface area contributed by atoms with E-state index in [1.807, 2.05) is 0 Å². The van der Waals surface area contributed by atoms with Crippen LogP contribution in [0.4, 0.5) is 0 Å². The summed E-state index contributed by atoms with van der Waals surface area (Å²) in [7, 11) is 1.51. The molecule has 4 nitrogen and oxygen atoms in total. The molecule has 1 amide bonds. The van der Waals surface area contributed by atoms with Crippen molar-refractivity contribution in [1.29, 1.82) is 0 Å². The zero-order valence-electron chi connectivity index (χ0n) is 14.9. The molecule has 0 atom stereocenters. The summed E-state index contributed by atoms with van der Waals surface area (Å²) in [6.45, 7) is 4.39. The van der Waals surface area contributed by atoms with Crippen molar-refractivity contribution in [2.45, 2.75) is 52.0 Å². The van der Waals surface area contributed by atoms with Crippen molar-refractivity contribution in [3.8, 4) is 11.5 Å². The Bertz CT molecular complexity index is 572. The fourth-order valence-electron chi connectivity index (χ4n) is 3.13. The molecule has 0 radical (unpaired) electrons. The van der Waals surface area contributed by atoms with Gasteiger partial charge in [-0.3, -0.25) is 4.79 Å². The van der Waals surface area contributed by atoms with Gasteiger partial charge in [0.2, 0.25) is 5.91 Å². The summed E-state index contributed by atoms with van der Waals surface area (Å²) < 4.78 is 5.08. The standard InChI is InChI=1S/C20H29NO3/c1-14(2)4-5-15-6-9-17(10-7-15)21-20(23)13-16-8-11-18(22)19(12-16)24-3/h4-5,8,11-12,14-15,17,22H,6-7,9-10,13H2,1-3H3,(H,21,23)/b5-4-/t15-,17-. The minimum Gasteiger partial charge on any atom is -0.504 e. The lowest BCUT2D eigenvalue weighted by atomic mass is 9.85. The van der Waals surface area contributed by atoms with Crippen LogP contribution in [0.15, 0.2) is 30.4 Å². The molecule has 0 saturated heterocycles. The van der Waals surface area contributed by atoms with E-state index in [-0.39, 0.29) is 17.7 Å². The van der Waals surface area contributed by atoms with Crippen molar-refractivity contribution < 1.29 is 14.6 Å². The van der Waals surface area contributed by atoms with Crippen LogP contribution in [0.25, 0.3) is 0 Å². The summed E-state index contributed by atoms with van der Waals surface area (Å²) in [5.41, 5.74) is 0.843. The first-order chi connectivity index (χ1) is 11.5. The summed E-state index contributed by atoms with van der Waals surface area (Å²) in [6.07, 6.45) is 9.29. The van der Waals surface area contributed by atoms with Gasteiger partial charge in [-0.25, -0.2) is 0 Å². The van der Waals surface area contributed by atoms with Gasteiger partial charge in [0.25, 0.3) is 0 Å². The number of rotatable bonds is 6. The minimum absolute atomic E-state index is 0.0314. The highest BCUT2D eigenvalue weighted by molar-refractivity contribution is 5.79. The van der Waals surface area contributed by atoms with E-state index < -0.39 is 0 Å². The van der Waals surface area contributed by atoms with Crippen LogP contribution in [0.2, 0.25) is 0 Å². The number of allylic oxidation sites excluding steroid dienone is 2. The molecule has 2 rings (SSSR count). The van der Waals surface area contributed by atoms with Crippen LogP contribution < -0.4 is 10.1 Å². The monoisotopic (exact) mass is 331 g/mol. The number of hydrogen-bond acceptors (Lipinski definition) is 3. The Morgan fingerprint density at radius 1 is 1.33 bits per heavy atom. The Morgan fingerprint density at radius 2 is 2.04 bits per heavy atom. The van der Waals surface area contributed by atoms with Crippen molar-refractivity contribution in [2.75, 3.05) is 7.11 Å². The number of benzene rings is 1. The maximum atomic E-state index is 12.2. The predicted octanol–water partition coefficient (Wildman–Crippen LogP) is 3.83. The summed E-state index contributed by atoms with van der Waals surface area (Å²) in [5.74, 6) is 1.78. The molecule has 1 saturated carbocycles. The van der Waals surface area contributed by atoms with E-state index in [1.165, 1.54) is 7.11 Å². The van der Waals surface area contributed by atoms with Crippen molar-refractivity contribution in [3.05, 3.63) is 35.9 Å². The van der Waals surface area contributed by atoms with Crippen LogP contribution in [0.3, 0.4) is 0 Å². The molecule has 2 N–H and O–H groups in total. The third-order valence-corrected chi connectivity index (χ3v) is 4.51. The number of aromatic hydroxyl groups is 1. The average molecular weight is 331 g/mol. The summed E-state index contributed by atoms with van der Waals surface area (Å²) >= 11 is 0. The molecule has 0 aliphatic heterocycles. The van der Waals surface area contributed by atoms with E-state index in [0.29, 0.717) is 24.0 Å². The second-order valence-corrected chi connectivity index (χ2v) is 6.99. The van der Waals surface area contributed by atoms with E-state index in [2.05, 4.69) is 31.3 Å². The first-order valence-electron chi connectivity index (χ1n) is 8.81. The predicted molar refractivity (Wildman–Crippen MR) is 96.2 cm³/mol. The highest BCUT2D eigenvalue weighted by atomic mass is 16.5. The second kappa shape index (κ2) is 8.76. The highest BCUT2D eigenvalue weighted by Crippen LogP contribution is 2.27. The second-order valence-electron chi connectivity index (χ2n) is 6.99. The lowest BCUT2D eigenvalue weighted by Gasteiger charge is -2.27. The lowest BCUT2D eigenvalue weighted by Crippen LogP contribution is -2.38. The van der Waals surface area contributed by atoms with Gasteiger partial charge in [-0.2, -0.15) is 0 Å². The van der Waals surface area contributed by atoms with Crippen LogP contribution in [0.1, 0.15) is 45.1 Å². The number of ether oxygens (including phenoxy) is 1. The van der Waals surface area contributed by atoms with E-state index in [0.717, 1.165) is 31.2 Å². The van der Waals surface area contributed by atoms with E-state index in [1.54, 1.807) is 18.2 Å². The third kappa shape index (κ3) is 5.59. The fourth-order valence-corrected chi connectivity index (χ4v) is 3.13. The van der Waals surface area contributed by atoms with E-state index in [4.69, 9.17) is 4.74 Å². The summed E-state index contributed by atoms with van der Waals surface area (Å²) in [4.78, 5) is 12.2. The van der Waals surface area contributed by atoms with Crippen molar-refractivity contribution in [3.63, 3.8) is 0 Å². The first kappa shape index (κ1) is 18.4. The van der Waals surface area contributed by atoms with Crippen molar-refractivity contribution in [1.82, 2.24) is 5.32 Å². The van der Waals surface area contributed by atoms with Gasteiger partial charge >= 0.3 is 0 Å². The number of carbonyl (C=O) groups excluding carboxylic acids is 1. The molecule has 0 bridgehead atoms. The molecular formula is C20H29NO3. The Balaban J connectivity index is 1.79. The maximum absolute atomic E-state index is 12.2. The maximum Gasteiger partial charge on any atom is 0.224 e. The molecule has 132 valence electrons. The number of phenolic OH excluding ortho intramolecular Hbond substituents is 1. The topological polar surface area (TPSA) is 58.6 Å². The lowest BCUT2D eigenvalue weighted by molar-refractivity contribution is -0.121. The smallest absolute Gasteiger partial charge is 0.224 e. The van der Waals surface area contributed by atoms with Crippen LogP contribution in [-0.4, -0.2) is 24.2 Å². The van der Waals surface area contributed by atoms with E-state index >= 15 is 0 Å². The van der Waals surface area contributed by atoms with Gasteiger partial charge < -0.3 is 15.2 Å². The molecular weight excluding hydrogens is 302 g/mol. The SMILES string of the molecule is COc1cc(CC(=O)N[C@H]2CC[C@H](/C=C\C(C)C)CC2)ccc1O. The normalized spacial score (nSPS) is 21.2. The van der Waals surface area contributed by atoms with Gasteiger partial charge in [-0.1, -0.05) is 32.1 Å².